The second-order valence-electron chi connectivity index (χ2n) is 19.2. The van der Waals surface area contributed by atoms with E-state index in [0.717, 1.165) is 31.1 Å². The van der Waals surface area contributed by atoms with Crippen LogP contribution in [0.1, 0.15) is 115 Å². The predicted molar refractivity (Wildman–Crippen MR) is 256 cm³/mol. The number of benzene rings is 2. The number of hydrogen-bond acceptors (Lipinski definition) is 12. The highest BCUT2D eigenvalue weighted by molar-refractivity contribution is 7.90. The van der Waals surface area contributed by atoms with Crippen LogP contribution in [0.5, 0.6) is 0 Å². The number of imidazole rings is 1. The SMILES string of the molecule is Cn1c(=O)n(C2CCC(=O)NC2=O)c2ccc(CCCCCCC(=O)N3CC[C@H]4CC[C@@H](C(=O)N[C@@H](CCC(N)=O)C(=O)NCc5ccc(S(C)(=O)=O)cc5)N4C(=O)/C(=N\C(=O)OC(C)(C)C)C3)cc21. The van der Waals surface area contributed by atoms with Gasteiger partial charge < -0.3 is 30.9 Å². The molecule has 0 spiro atoms. The van der Waals surface area contributed by atoms with Crippen LogP contribution in [0.4, 0.5) is 4.79 Å². The molecule has 0 bridgehead atoms. The number of carbonyl (C=O) groups is 8. The van der Waals surface area contributed by atoms with Gasteiger partial charge in [0.05, 0.1) is 22.5 Å². The van der Waals surface area contributed by atoms with Crippen LogP contribution in [0.2, 0.25) is 0 Å². The molecule has 4 heterocycles. The maximum Gasteiger partial charge on any atom is 0.434 e. The van der Waals surface area contributed by atoms with E-state index in [1.54, 1.807) is 40.0 Å². The zero-order valence-corrected chi connectivity index (χ0v) is 41.1. The zero-order valence-electron chi connectivity index (χ0n) is 40.3. The topological polar surface area (TPSA) is 288 Å². The number of nitrogens with zero attached hydrogens (tertiary/aromatic N) is 5. The number of imide groups is 1. The Morgan fingerprint density at radius 3 is 2.27 bits per heavy atom. The number of rotatable bonds is 17. The Hall–Kier alpha value is -6.71. The first-order valence-electron chi connectivity index (χ1n) is 23.6. The number of nitrogens with one attached hydrogen (secondary N) is 3. The second-order valence-corrected chi connectivity index (χ2v) is 21.2. The standard InChI is InChI=1S/C48H63N9O12S/c1-48(2,3)69-46(65)52-34-28-55(41(60)11-9-7-6-8-10-29-14-19-35-38(26-29)54(4)47(66)57(35)37-21-23-40(59)53-44(37)63)25-24-31-15-20-36(56(31)45(34)64)43(62)51-33(18-22-39(49)58)42(61)50-27-30-12-16-32(17-13-30)70(5,67)68/h12-14,16-17,19,26,31,33,36-37H,6-11,15,18,20-25,27-28H2,1-5H3,(H2,49,58)(H,50,61)(H,51,62)(H,53,59,63)/b52-34-/t31-,33+,36+,37?/m1/s1. The van der Waals surface area contributed by atoms with Crippen molar-refractivity contribution in [1.29, 1.82) is 0 Å². The highest BCUT2D eigenvalue weighted by atomic mass is 32.2. The summed E-state index contributed by atoms with van der Waals surface area (Å²) in [4.78, 5) is 125. The number of fused-ring (bicyclic) bond motifs is 2. The number of aliphatic imine (C=N–C) groups is 1. The van der Waals surface area contributed by atoms with Crippen molar-refractivity contribution in [3.05, 3.63) is 64.1 Å². The molecule has 1 unspecified atom stereocenters. The smallest absolute Gasteiger partial charge is 0.434 e. The Morgan fingerprint density at radius 1 is 0.900 bits per heavy atom. The van der Waals surface area contributed by atoms with Gasteiger partial charge in [-0.05, 0) is 108 Å². The quantitative estimate of drug-likeness (QED) is 0.112. The van der Waals surface area contributed by atoms with Crippen LogP contribution in [-0.2, 0) is 68.1 Å². The summed E-state index contributed by atoms with van der Waals surface area (Å²) in [5.41, 5.74) is 6.70. The Balaban J connectivity index is 1.06. The van der Waals surface area contributed by atoms with Crippen molar-refractivity contribution < 1.29 is 51.5 Å². The molecule has 3 aliphatic rings. The van der Waals surface area contributed by atoms with E-state index in [2.05, 4.69) is 20.9 Å². The molecule has 70 heavy (non-hydrogen) atoms. The van der Waals surface area contributed by atoms with Gasteiger partial charge >= 0.3 is 11.8 Å². The third-order valence-corrected chi connectivity index (χ3v) is 13.9. The average Bonchev–Trinajstić information content (AvgIpc) is 3.81. The van der Waals surface area contributed by atoms with Crippen molar-refractivity contribution in [2.75, 3.05) is 19.3 Å². The van der Waals surface area contributed by atoms with Crippen molar-refractivity contribution in [2.24, 2.45) is 17.8 Å². The van der Waals surface area contributed by atoms with E-state index in [1.807, 2.05) is 18.2 Å². The minimum Gasteiger partial charge on any atom is -0.442 e. The van der Waals surface area contributed by atoms with Gasteiger partial charge in [0.1, 0.15) is 29.4 Å². The number of amides is 8. The van der Waals surface area contributed by atoms with Gasteiger partial charge in [0.2, 0.25) is 35.4 Å². The molecular formula is C48H63N9O12S. The first-order valence-corrected chi connectivity index (χ1v) is 25.5. The third-order valence-electron chi connectivity index (χ3n) is 12.7. The van der Waals surface area contributed by atoms with Gasteiger partial charge in [-0.1, -0.05) is 31.0 Å². The number of aryl methyl sites for hydroxylation is 2. The molecule has 5 N–H and O–H groups in total. The lowest BCUT2D eigenvalue weighted by molar-refractivity contribution is -0.138. The monoisotopic (exact) mass is 989 g/mol. The molecule has 22 heteroatoms. The summed E-state index contributed by atoms with van der Waals surface area (Å²) in [5, 5.41) is 7.72. The van der Waals surface area contributed by atoms with Gasteiger partial charge in [-0.2, -0.15) is 4.99 Å². The van der Waals surface area contributed by atoms with Crippen molar-refractivity contribution in [3.8, 4) is 0 Å². The second kappa shape index (κ2) is 22.4. The summed E-state index contributed by atoms with van der Waals surface area (Å²) in [5.74, 6) is -3.81. The molecule has 1 aromatic heterocycles. The van der Waals surface area contributed by atoms with Crippen LogP contribution in [0, 0.1) is 0 Å². The summed E-state index contributed by atoms with van der Waals surface area (Å²) in [7, 11) is -1.79. The molecule has 378 valence electrons. The number of nitrogens with two attached hydrogens (primary N) is 1. The number of carbonyl (C=O) groups excluding carboxylic acids is 8. The molecule has 4 atom stereocenters. The lowest BCUT2D eigenvalue weighted by Crippen LogP contribution is -2.57. The van der Waals surface area contributed by atoms with Crippen LogP contribution >= 0.6 is 0 Å². The Kier molecular flexibility index (Phi) is 16.8. The van der Waals surface area contributed by atoms with Crippen molar-refractivity contribution in [1.82, 2.24) is 34.9 Å². The molecule has 6 rings (SSSR count). The lowest BCUT2D eigenvalue weighted by atomic mass is 10.0. The van der Waals surface area contributed by atoms with Gasteiger partial charge in [0.25, 0.3) is 5.91 Å². The van der Waals surface area contributed by atoms with Gasteiger partial charge in [-0.3, -0.25) is 48.0 Å². The molecule has 3 aliphatic heterocycles. The predicted octanol–water partition coefficient (Wildman–Crippen LogP) is 2.25. The molecule has 3 aromatic rings. The average molecular weight is 990 g/mol. The molecule has 3 saturated heterocycles. The summed E-state index contributed by atoms with van der Waals surface area (Å²) in [6, 6.07) is 7.98. The summed E-state index contributed by atoms with van der Waals surface area (Å²) < 4.78 is 32.1. The van der Waals surface area contributed by atoms with Crippen molar-refractivity contribution >= 4 is 74.0 Å². The van der Waals surface area contributed by atoms with Crippen LogP contribution in [-0.4, -0.2) is 124 Å². The molecule has 0 saturated carbocycles. The van der Waals surface area contributed by atoms with Gasteiger partial charge in [0, 0.05) is 51.7 Å². The number of sulfone groups is 1. The fourth-order valence-corrected chi connectivity index (χ4v) is 9.74. The molecule has 2 aromatic carbocycles. The number of ether oxygens (including phenoxy) is 1. The minimum absolute atomic E-state index is 0.0163. The van der Waals surface area contributed by atoms with E-state index in [9.17, 15) is 51.6 Å². The van der Waals surface area contributed by atoms with Crippen molar-refractivity contribution in [3.63, 3.8) is 0 Å². The Bertz CT molecular complexity index is 2740. The van der Waals surface area contributed by atoms with Crippen LogP contribution in [0.25, 0.3) is 11.0 Å². The zero-order chi connectivity index (χ0) is 51.1. The number of hydrogen-bond donors (Lipinski definition) is 4. The molecule has 0 radical (unpaired) electrons. The highest BCUT2D eigenvalue weighted by Gasteiger charge is 2.45. The normalized spacial score (nSPS) is 19.8. The highest BCUT2D eigenvalue weighted by Crippen LogP contribution is 2.30. The maximum absolute atomic E-state index is 14.4. The van der Waals surface area contributed by atoms with E-state index in [4.69, 9.17) is 10.5 Å². The van der Waals surface area contributed by atoms with E-state index in [0.29, 0.717) is 42.3 Å². The number of piperidine rings is 1. The van der Waals surface area contributed by atoms with E-state index >= 15 is 0 Å². The minimum atomic E-state index is -3.44. The number of unbranched alkanes of at least 4 members (excludes halogenated alkanes) is 3. The van der Waals surface area contributed by atoms with Gasteiger partial charge in [-0.25, -0.2) is 18.0 Å². The fourth-order valence-electron chi connectivity index (χ4n) is 9.10. The molecule has 3 fully saturated rings. The van der Waals surface area contributed by atoms with Crippen LogP contribution in [0.3, 0.4) is 0 Å². The largest absolute Gasteiger partial charge is 0.442 e. The van der Waals surface area contributed by atoms with Gasteiger partial charge in [0.15, 0.2) is 9.84 Å². The lowest BCUT2D eigenvalue weighted by Gasteiger charge is -2.36. The molecule has 8 amide bonds. The molecule has 0 aliphatic carbocycles. The van der Waals surface area contributed by atoms with E-state index in [1.165, 1.54) is 31.1 Å². The number of primary amides is 1. The van der Waals surface area contributed by atoms with Crippen LogP contribution < -0.4 is 27.4 Å². The fraction of sp³-hybridized carbons (Fsp3) is 0.542. The Morgan fingerprint density at radius 2 is 1.60 bits per heavy atom. The number of aromatic nitrogens is 2. The first-order chi connectivity index (χ1) is 33.0. The summed E-state index contributed by atoms with van der Waals surface area (Å²) in [6.07, 6.45) is 4.76. The van der Waals surface area contributed by atoms with E-state index in [-0.39, 0.29) is 86.3 Å². The third kappa shape index (κ3) is 13.3. The van der Waals surface area contributed by atoms with Gasteiger partial charge in [-0.15, -0.1) is 0 Å². The molecular weight excluding hydrogens is 927 g/mol. The first kappa shape index (κ1) is 52.7. The molecule has 21 nitrogen and oxygen atoms in total. The van der Waals surface area contributed by atoms with Crippen molar-refractivity contribution in [2.45, 2.75) is 145 Å². The Labute approximate surface area is 405 Å². The summed E-state index contributed by atoms with van der Waals surface area (Å²) >= 11 is 0. The van der Waals surface area contributed by atoms with Crippen LogP contribution in [0.15, 0.2) is 57.1 Å². The van der Waals surface area contributed by atoms with E-state index < -0.39 is 75.2 Å². The summed E-state index contributed by atoms with van der Waals surface area (Å²) in [6.45, 7) is 4.81. The maximum atomic E-state index is 14.4.